The SMILES string of the molecule is COCCNCC(O)Cc1ccc2ccccc2n1. The minimum atomic E-state index is -0.425. The van der Waals surface area contributed by atoms with Gasteiger partial charge in [-0.2, -0.15) is 0 Å². The average molecular weight is 260 g/mol. The molecule has 0 spiro atoms. The van der Waals surface area contributed by atoms with Gasteiger partial charge in [-0.25, -0.2) is 0 Å². The van der Waals surface area contributed by atoms with Crippen LogP contribution in [-0.2, 0) is 11.2 Å². The molecule has 2 aromatic rings. The lowest BCUT2D eigenvalue weighted by molar-refractivity contribution is 0.159. The zero-order chi connectivity index (χ0) is 13.5. The highest BCUT2D eigenvalue weighted by atomic mass is 16.5. The van der Waals surface area contributed by atoms with E-state index in [9.17, 15) is 5.11 Å². The monoisotopic (exact) mass is 260 g/mol. The van der Waals surface area contributed by atoms with Crippen molar-refractivity contribution in [2.75, 3.05) is 26.8 Å². The number of rotatable bonds is 7. The van der Waals surface area contributed by atoms with E-state index in [0.29, 0.717) is 19.6 Å². The molecular formula is C15H20N2O2. The summed E-state index contributed by atoms with van der Waals surface area (Å²) in [7, 11) is 1.66. The second-order valence-corrected chi connectivity index (χ2v) is 4.55. The number of hydrogen-bond acceptors (Lipinski definition) is 4. The summed E-state index contributed by atoms with van der Waals surface area (Å²) in [5, 5.41) is 14.2. The molecule has 1 aromatic heterocycles. The van der Waals surface area contributed by atoms with E-state index in [-0.39, 0.29) is 0 Å². The Balaban J connectivity index is 1.89. The van der Waals surface area contributed by atoms with Crippen LogP contribution in [0.1, 0.15) is 5.69 Å². The number of aliphatic hydroxyl groups excluding tert-OH is 1. The van der Waals surface area contributed by atoms with Crippen LogP contribution in [0.15, 0.2) is 36.4 Å². The number of benzene rings is 1. The van der Waals surface area contributed by atoms with Gasteiger partial charge in [-0.05, 0) is 12.1 Å². The molecule has 1 unspecified atom stereocenters. The lowest BCUT2D eigenvalue weighted by Crippen LogP contribution is -2.30. The van der Waals surface area contributed by atoms with Crippen LogP contribution in [-0.4, -0.2) is 43.0 Å². The fourth-order valence-corrected chi connectivity index (χ4v) is 1.98. The van der Waals surface area contributed by atoms with Crippen molar-refractivity contribution in [3.63, 3.8) is 0 Å². The molecule has 0 radical (unpaired) electrons. The first kappa shape index (κ1) is 13.9. The number of methoxy groups -OCH3 is 1. The van der Waals surface area contributed by atoms with E-state index in [2.05, 4.69) is 10.3 Å². The molecule has 19 heavy (non-hydrogen) atoms. The number of para-hydroxylation sites is 1. The van der Waals surface area contributed by atoms with Gasteiger partial charge in [0.15, 0.2) is 0 Å². The van der Waals surface area contributed by atoms with Gasteiger partial charge in [0.2, 0.25) is 0 Å². The van der Waals surface area contributed by atoms with Crippen molar-refractivity contribution in [1.29, 1.82) is 0 Å². The number of ether oxygens (including phenoxy) is 1. The van der Waals surface area contributed by atoms with Crippen LogP contribution >= 0.6 is 0 Å². The van der Waals surface area contributed by atoms with Crippen LogP contribution in [0.25, 0.3) is 10.9 Å². The minimum absolute atomic E-state index is 0.425. The standard InChI is InChI=1S/C15H20N2O2/c1-19-9-8-16-11-14(18)10-13-7-6-12-4-2-3-5-15(12)17-13/h2-7,14,16,18H,8-11H2,1H3. The first-order valence-corrected chi connectivity index (χ1v) is 6.52. The van der Waals surface area contributed by atoms with Crippen molar-refractivity contribution in [3.8, 4) is 0 Å². The zero-order valence-electron chi connectivity index (χ0n) is 11.2. The maximum absolute atomic E-state index is 9.93. The lowest BCUT2D eigenvalue weighted by Gasteiger charge is -2.11. The largest absolute Gasteiger partial charge is 0.391 e. The Labute approximate surface area is 113 Å². The van der Waals surface area contributed by atoms with Gasteiger partial charge in [-0.3, -0.25) is 4.98 Å². The Morgan fingerprint density at radius 2 is 2.11 bits per heavy atom. The van der Waals surface area contributed by atoms with Crippen molar-refractivity contribution in [2.45, 2.75) is 12.5 Å². The molecule has 102 valence electrons. The van der Waals surface area contributed by atoms with E-state index < -0.39 is 6.10 Å². The molecule has 0 saturated carbocycles. The molecule has 1 aromatic carbocycles. The molecule has 1 atom stereocenters. The Kier molecular flexibility index (Phi) is 5.27. The van der Waals surface area contributed by atoms with Crippen LogP contribution in [0.2, 0.25) is 0 Å². The van der Waals surface area contributed by atoms with E-state index in [0.717, 1.165) is 23.1 Å². The highest BCUT2D eigenvalue weighted by Gasteiger charge is 2.06. The number of aromatic nitrogens is 1. The molecule has 0 aliphatic carbocycles. The number of pyridine rings is 1. The number of nitrogens with one attached hydrogen (secondary N) is 1. The quantitative estimate of drug-likeness (QED) is 0.738. The molecule has 4 heteroatoms. The van der Waals surface area contributed by atoms with Crippen molar-refractivity contribution in [1.82, 2.24) is 10.3 Å². The maximum Gasteiger partial charge on any atom is 0.0719 e. The van der Waals surface area contributed by atoms with Crippen molar-refractivity contribution in [3.05, 3.63) is 42.1 Å². The van der Waals surface area contributed by atoms with Gasteiger partial charge in [0, 0.05) is 37.7 Å². The average Bonchev–Trinajstić information content (AvgIpc) is 2.43. The number of aliphatic hydroxyl groups is 1. The predicted octanol–water partition coefficient (Wildman–Crippen LogP) is 1.37. The first-order chi connectivity index (χ1) is 9.29. The van der Waals surface area contributed by atoms with Gasteiger partial charge in [-0.15, -0.1) is 0 Å². The third kappa shape index (κ3) is 4.28. The molecule has 0 bridgehead atoms. The summed E-state index contributed by atoms with van der Waals surface area (Å²) < 4.78 is 4.93. The van der Waals surface area contributed by atoms with Crippen LogP contribution in [0.4, 0.5) is 0 Å². The molecular weight excluding hydrogens is 240 g/mol. The summed E-state index contributed by atoms with van der Waals surface area (Å²) in [6, 6.07) is 12.0. The number of nitrogens with zero attached hydrogens (tertiary/aromatic N) is 1. The summed E-state index contributed by atoms with van der Waals surface area (Å²) in [4.78, 5) is 4.55. The van der Waals surface area contributed by atoms with Gasteiger partial charge in [-0.1, -0.05) is 24.3 Å². The third-order valence-corrected chi connectivity index (χ3v) is 2.96. The summed E-state index contributed by atoms with van der Waals surface area (Å²) in [5.41, 5.74) is 1.89. The molecule has 2 rings (SSSR count). The Bertz CT molecular complexity index is 516. The molecule has 0 saturated heterocycles. The van der Waals surface area contributed by atoms with E-state index in [4.69, 9.17) is 4.74 Å². The van der Waals surface area contributed by atoms with E-state index >= 15 is 0 Å². The van der Waals surface area contributed by atoms with Gasteiger partial charge in [0.05, 0.1) is 18.2 Å². The van der Waals surface area contributed by atoms with E-state index in [1.165, 1.54) is 0 Å². The van der Waals surface area contributed by atoms with Crippen molar-refractivity contribution >= 4 is 10.9 Å². The second-order valence-electron chi connectivity index (χ2n) is 4.55. The molecule has 0 fully saturated rings. The normalized spacial score (nSPS) is 12.7. The molecule has 2 N–H and O–H groups in total. The predicted molar refractivity (Wildman–Crippen MR) is 76.2 cm³/mol. The summed E-state index contributed by atoms with van der Waals surface area (Å²) in [6.45, 7) is 1.96. The summed E-state index contributed by atoms with van der Waals surface area (Å²) in [6.07, 6.45) is 0.135. The van der Waals surface area contributed by atoms with E-state index in [1.54, 1.807) is 7.11 Å². The molecule has 0 amide bonds. The first-order valence-electron chi connectivity index (χ1n) is 6.52. The van der Waals surface area contributed by atoms with Crippen molar-refractivity contribution < 1.29 is 9.84 Å². The number of hydrogen-bond donors (Lipinski definition) is 2. The topological polar surface area (TPSA) is 54.4 Å². The Morgan fingerprint density at radius 3 is 2.95 bits per heavy atom. The molecule has 0 aliphatic heterocycles. The fourth-order valence-electron chi connectivity index (χ4n) is 1.98. The van der Waals surface area contributed by atoms with Gasteiger partial charge in [0.25, 0.3) is 0 Å². The highest BCUT2D eigenvalue weighted by Crippen LogP contribution is 2.12. The molecule has 4 nitrogen and oxygen atoms in total. The summed E-state index contributed by atoms with van der Waals surface area (Å²) >= 11 is 0. The zero-order valence-corrected chi connectivity index (χ0v) is 11.2. The van der Waals surface area contributed by atoms with E-state index in [1.807, 2.05) is 36.4 Å². The van der Waals surface area contributed by atoms with Crippen LogP contribution in [0.3, 0.4) is 0 Å². The van der Waals surface area contributed by atoms with Gasteiger partial charge < -0.3 is 15.2 Å². The fraction of sp³-hybridized carbons (Fsp3) is 0.400. The van der Waals surface area contributed by atoms with Crippen LogP contribution in [0, 0.1) is 0 Å². The highest BCUT2D eigenvalue weighted by molar-refractivity contribution is 5.78. The van der Waals surface area contributed by atoms with Gasteiger partial charge in [0.1, 0.15) is 0 Å². The minimum Gasteiger partial charge on any atom is -0.391 e. The molecule has 0 aliphatic rings. The van der Waals surface area contributed by atoms with Crippen LogP contribution in [0.5, 0.6) is 0 Å². The summed E-state index contributed by atoms with van der Waals surface area (Å²) in [5.74, 6) is 0. The van der Waals surface area contributed by atoms with Crippen molar-refractivity contribution in [2.24, 2.45) is 0 Å². The Hall–Kier alpha value is -1.49. The smallest absolute Gasteiger partial charge is 0.0719 e. The second kappa shape index (κ2) is 7.19. The maximum atomic E-state index is 9.93. The number of fused-ring (bicyclic) bond motifs is 1. The molecule has 1 heterocycles. The van der Waals surface area contributed by atoms with Crippen LogP contribution < -0.4 is 5.32 Å². The Morgan fingerprint density at radius 1 is 1.26 bits per heavy atom. The lowest BCUT2D eigenvalue weighted by atomic mass is 10.1. The van der Waals surface area contributed by atoms with Gasteiger partial charge >= 0.3 is 0 Å². The third-order valence-electron chi connectivity index (χ3n) is 2.96.